The molecule has 1 aliphatic rings. The molecular formula is C22H20FN3O2. The standard InChI is InChI=1S/C22H20FN3O2/c1-28-14-7-5-12-9-20(24-19(12)11-14)22(27)26-18-4-2-3-15-16-10-13(23)6-8-17(16)25-21(15)18/h5-11,18,24-25H,2-4H2,1H3,(H,26,27)/t18-/m0/s1. The lowest BCUT2D eigenvalue weighted by molar-refractivity contribution is 0.0927. The number of halogens is 1. The number of nitrogens with one attached hydrogen (secondary N) is 3. The Morgan fingerprint density at radius 3 is 2.89 bits per heavy atom. The fourth-order valence-corrected chi connectivity index (χ4v) is 4.17. The predicted octanol–water partition coefficient (Wildman–Crippen LogP) is 4.60. The minimum Gasteiger partial charge on any atom is -0.497 e. The average molecular weight is 377 g/mol. The molecular weight excluding hydrogens is 357 g/mol. The molecule has 0 bridgehead atoms. The van der Waals surface area contributed by atoms with Crippen molar-refractivity contribution in [2.45, 2.75) is 25.3 Å². The number of rotatable bonds is 3. The third-order valence-corrected chi connectivity index (χ3v) is 5.55. The average Bonchev–Trinajstić information content (AvgIpc) is 3.29. The zero-order valence-corrected chi connectivity index (χ0v) is 15.4. The van der Waals surface area contributed by atoms with Crippen molar-refractivity contribution in [3.05, 3.63) is 65.2 Å². The summed E-state index contributed by atoms with van der Waals surface area (Å²) < 4.78 is 18.9. The first-order valence-corrected chi connectivity index (χ1v) is 9.40. The van der Waals surface area contributed by atoms with Crippen LogP contribution in [0.15, 0.2) is 42.5 Å². The molecule has 28 heavy (non-hydrogen) atoms. The molecule has 1 amide bonds. The smallest absolute Gasteiger partial charge is 0.268 e. The Balaban J connectivity index is 1.45. The van der Waals surface area contributed by atoms with Gasteiger partial charge in [0.1, 0.15) is 17.3 Å². The Kier molecular flexibility index (Phi) is 3.86. The van der Waals surface area contributed by atoms with Gasteiger partial charge >= 0.3 is 0 Å². The Bertz CT molecular complexity index is 1210. The van der Waals surface area contributed by atoms with Crippen LogP contribution in [-0.2, 0) is 6.42 Å². The zero-order chi connectivity index (χ0) is 19.3. The van der Waals surface area contributed by atoms with Crippen LogP contribution in [-0.4, -0.2) is 23.0 Å². The number of aromatic amines is 2. The van der Waals surface area contributed by atoms with Crippen LogP contribution in [0.2, 0.25) is 0 Å². The maximum absolute atomic E-state index is 13.7. The number of carbonyl (C=O) groups excluding carboxylic acids is 1. The second-order valence-electron chi connectivity index (χ2n) is 7.26. The second-order valence-corrected chi connectivity index (χ2v) is 7.26. The van der Waals surface area contributed by atoms with Crippen molar-refractivity contribution in [3.8, 4) is 5.75 Å². The highest BCUT2D eigenvalue weighted by Crippen LogP contribution is 2.35. The van der Waals surface area contributed by atoms with E-state index in [1.165, 1.54) is 6.07 Å². The van der Waals surface area contributed by atoms with Crippen LogP contribution in [0.25, 0.3) is 21.8 Å². The number of aromatic nitrogens is 2. The number of carbonyl (C=O) groups is 1. The molecule has 0 spiro atoms. The summed E-state index contributed by atoms with van der Waals surface area (Å²) in [5.41, 5.74) is 4.36. The topological polar surface area (TPSA) is 69.9 Å². The summed E-state index contributed by atoms with van der Waals surface area (Å²) in [6.07, 6.45) is 2.69. The molecule has 0 saturated carbocycles. The van der Waals surface area contributed by atoms with Crippen molar-refractivity contribution in [3.63, 3.8) is 0 Å². The van der Waals surface area contributed by atoms with Gasteiger partial charge in [-0.05, 0) is 61.2 Å². The molecule has 2 aromatic carbocycles. The highest BCUT2D eigenvalue weighted by Gasteiger charge is 2.26. The molecule has 2 aromatic heterocycles. The number of H-pyrrole nitrogens is 2. The Morgan fingerprint density at radius 2 is 2.04 bits per heavy atom. The fourth-order valence-electron chi connectivity index (χ4n) is 4.17. The van der Waals surface area contributed by atoms with Crippen molar-refractivity contribution in [1.29, 1.82) is 0 Å². The van der Waals surface area contributed by atoms with E-state index in [0.717, 1.165) is 58.1 Å². The molecule has 0 unspecified atom stereocenters. The quantitative estimate of drug-likeness (QED) is 0.488. The summed E-state index contributed by atoms with van der Waals surface area (Å²) in [6, 6.07) is 12.2. The van der Waals surface area contributed by atoms with Gasteiger partial charge in [0.25, 0.3) is 5.91 Å². The van der Waals surface area contributed by atoms with Crippen molar-refractivity contribution in [1.82, 2.24) is 15.3 Å². The van der Waals surface area contributed by atoms with Gasteiger partial charge in [0, 0.05) is 33.6 Å². The van der Waals surface area contributed by atoms with Crippen LogP contribution in [0.1, 0.15) is 40.6 Å². The Labute approximate surface area is 160 Å². The number of hydrogen-bond donors (Lipinski definition) is 3. The first-order valence-electron chi connectivity index (χ1n) is 9.40. The highest BCUT2D eigenvalue weighted by molar-refractivity contribution is 5.98. The number of hydrogen-bond acceptors (Lipinski definition) is 2. The molecule has 4 aromatic rings. The molecule has 1 atom stereocenters. The number of ether oxygens (including phenoxy) is 1. The molecule has 2 heterocycles. The number of benzene rings is 2. The van der Waals surface area contributed by atoms with E-state index < -0.39 is 0 Å². The van der Waals surface area contributed by atoms with E-state index in [1.807, 2.05) is 24.3 Å². The first-order chi connectivity index (χ1) is 13.6. The molecule has 6 heteroatoms. The van der Waals surface area contributed by atoms with Gasteiger partial charge in [0.15, 0.2) is 0 Å². The molecule has 5 rings (SSSR count). The number of aryl methyl sites for hydroxylation is 1. The van der Waals surface area contributed by atoms with Gasteiger partial charge in [-0.15, -0.1) is 0 Å². The van der Waals surface area contributed by atoms with Crippen molar-refractivity contribution in [2.75, 3.05) is 7.11 Å². The second kappa shape index (κ2) is 6.41. The van der Waals surface area contributed by atoms with E-state index >= 15 is 0 Å². The van der Waals surface area contributed by atoms with Crippen LogP contribution < -0.4 is 10.1 Å². The van der Waals surface area contributed by atoms with Gasteiger partial charge in [-0.3, -0.25) is 4.79 Å². The third kappa shape index (κ3) is 2.72. The molecule has 0 saturated heterocycles. The molecule has 0 fully saturated rings. The van der Waals surface area contributed by atoms with Crippen molar-refractivity contribution >= 4 is 27.7 Å². The van der Waals surface area contributed by atoms with Crippen LogP contribution in [0.3, 0.4) is 0 Å². The SMILES string of the molecule is COc1ccc2cc(C(=O)N[C@H]3CCCc4c3[nH]c3ccc(F)cc43)[nH]c2c1. The normalized spacial score (nSPS) is 16.3. The molecule has 5 nitrogen and oxygen atoms in total. The monoisotopic (exact) mass is 377 g/mol. The largest absolute Gasteiger partial charge is 0.497 e. The van der Waals surface area contributed by atoms with Crippen LogP contribution in [0, 0.1) is 5.82 Å². The Hall–Kier alpha value is -3.28. The molecule has 0 aliphatic heterocycles. The molecule has 0 radical (unpaired) electrons. The summed E-state index contributed by atoms with van der Waals surface area (Å²) in [7, 11) is 1.62. The summed E-state index contributed by atoms with van der Waals surface area (Å²) in [4.78, 5) is 19.4. The first kappa shape index (κ1) is 16.9. The maximum Gasteiger partial charge on any atom is 0.268 e. The number of fused-ring (bicyclic) bond motifs is 4. The van der Waals surface area contributed by atoms with Gasteiger partial charge < -0.3 is 20.0 Å². The third-order valence-electron chi connectivity index (χ3n) is 5.55. The van der Waals surface area contributed by atoms with E-state index in [0.29, 0.717) is 5.69 Å². The van der Waals surface area contributed by atoms with Gasteiger partial charge in [0.2, 0.25) is 0 Å². The highest BCUT2D eigenvalue weighted by atomic mass is 19.1. The minimum absolute atomic E-state index is 0.118. The Morgan fingerprint density at radius 1 is 1.14 bits per heavy atom. The van der Waals surface area contributed by atoms with Crippen LogP contribution >= 0.6 is 0 Å². The number of methoxy groups -OCH3 is 1. The van der Waals surface area contributed by atoms with Crippen molar-refractivity contribution in [2.24, 2.45) is 0 Å². The molecule has 142 valence electrons. The summed E-state index contributed by atoms with van der Waals surface area (Å²) >= 11 is 0. The van der Waals surface area contributed by atoms with Gasteiger partial charge in [-0.2, -0.15) is 0 Å². The van der Waals surface area contributed by atoms with E-state index in [-0.39, 0.29) is 17.8 Å². The summed E-state index contributed by atoms with van der Waals surface area (Å²) in [5.74, 6) is 0.343. The minimum atomic E-state index is -0.242. The maximum atomic E-state index is 13.7. The van der Waals surface area contributed by atoms with Crippen molar-refractivity contribution < 1.29 is 13.9 Å². The zero-order valence-electron chi connectivity index (χ0n) is 15.4. The van der Waals surface area contributed by atoms with E-state index in [2.05, 4.69) is 15.3 Å². The van der Waals surface area contributed by atoms with Gasteiger partial charge in [-0.25, -0.2) is 4.39 Å². The number of amides is 1. The lowest BCUT2D eigenvalue weighted by atomic mass is 9.91. The van der Waals surface area contributed by atoms with Crippen LogP contribution in [0.5, 0.6) is 5.75 Å². The lowest BCUT2D eigenvalue weighted by Gasteiger charge is -2.23. The summed E-state index contributed by atoms with van der Waals surface area (Å²) in [6.45, 7) is 0. The fraction of sp³-hybridized carbons (Fsp3) is 0.227. The molecule has 3 N–H and O–H groups in total. The van der Waals surface area contributed by atoms with Gasteiger partial charge in [-0.1, -0.05) is 0 Å². The molecule has 1 aliphatic carbocycles. The van der Waals surface area contributed by atoms with E-state index in [9.17, 15) is 9.18 Å². The lowest BCUT2D eigenvalue weighted by Crippen LogP contribution is -2.31. The van der Waals surface area contributed by atoms with Crippen LogP contribution in [0.4, 0.5) is 4.39 Å². The van der Waals surface area contributed by atoms with E-state index in [1.54, 1.807) is 19.2 Å². The van der Waals surface area contributed by atoms with Gasteiger partial charge in [0.05, 0.1) is 13.2 Å². The summed E-state index contributed by atoms with van der Waals surface area (Å²) in [5, 5.41) is 4.99. The van der Waals surface area contributed by atoms with E-state index in [4.69, 9.17) is 4.74 Å². The predicted molar refractivity (Wildman–Crippen MR) is 106 cm³/mol.